The Bertz CT molecular complexity index is 312. The van der Waals surface area contributed by atoms with E-state index >= 15 is 0 Å². The summed E-state index contributed by atoms with van der Waals surface area (Å²) in [5.74, 6) is 0. The highest BCUT2D eigenvalue weighted by atomic mass is 16.3. The van der Waals surface area contributed by atoms with Gasteiger partial charge in [-0.3, -0.25) is 0 Å². The zero-order chi connectivity index (χ0) is 11.4. The highest BCUT2D eigenvalue weighted by Gasteiger charge is 2.18. The van der Waals surface area contributed by atoms with E-state index in [1.165, 1.54) is 11.3 Å². The Hall–Kier alpha value is -1.02. The molecule has 2 nitrogen and oxygen atoms in total. The molecule has 1 aromatic carbocycles. The number of anilines is 1. The first-order valence-electron chi connectivity index (χ1n) is 6.31. The van der Waals surface area contributed by atoms with E-state index in [0.29, 0.717) is 6.04 Å². The van der Waals surface area contributed by atoms with Gasteiger partial charge in [0.1, 0.15) is 0 Å². The average molecular weight is 219 g/mol. The molecule has 0 amide bonds. The summed E-state index contributed by atoms with van der Waals surface area (Å²) in [5, 5.41) is 13.0. The second kappa shape index (κ2) is 5.35. The molecule has 0 atom stereocenters. The molecule has 0 radical (unpaired) electrons. The number of aliphatic hydroxyl groups excluding tert-OH is 1. The monoisotopic (exact) mass is 219 g/mol. The van der Waals surface area contributed by atoms with Crippen LogP contribution in [-0.2, 0) is 6.42 Å². The van der Waals surface area contributed by atoms with Gasteiger partial charge in [0.2, 0.25) is 0 Å². The maximum atomic E-state index is 9.43. The van der Waals surface area contributed by atoms with Crippen molar-refractivity contribution >= 4 is 5.69 Å². The van der Waals surface area contributed by atoms with Gasteiger partial charge in [0.25, 0.3) is 0 Å². The number of aliphatic hydroxyl groups is 1. The van der Waals surface area contributed by atoms with E-state index in [9.17, 15) is 5.11 Å². The van der Waals surface area contributed by atoms with E-state index in [2.05, 4.69) is 36.5 Å². The molecule has 0 bridgehead atoms. The Balaban J connectivity index is 1.88. The Labute approximate surface area is 97.7 Å². The molecule has 0 unspecified atom stereocenters. The summed E-state index contributed by atoms with van der Waals surface area (Å²) in [4.78, 5) is 0. The predicted octanol–water partition coefficient (Wildman–Crippen LogP) is 2.96. The highest BCUT2D eigenvalue weighted by molar-refractivity contribution is 5.45. The molecule has 88 valence electrons. The maximum Gasteiger partial charge on any atom is 0.0541 e. The molecular weight excluding hydrogens is 198 g/mol. The normalized spacial score (nSPS) is 25.4. The Morgan fingerprint density at radius 2 is 1.75 bits per heavy atom. The van der Waals surface area contributed by atoms with Crippen LogP contribution in [0, 0.1) is 0 Å². The van der Waals surface area contributed by atoms with Gasteiger partial charge in [-0.15, -0.1) is 0 Å². The molecule has 1 aliphatic rings. The van der Waals surface area contributed by atoms with Gasteiger partial charge >= 0.3 is 0 Å². The molecule has 0 saturated heterocycles. The third kappa shape index (κ3) is 2.99. The van der Waals surface area contributed by atoms with Crippen LogP contribution in [0.25, 0.3) is 0 Å². The molecule has 2 heteroatoms. The van der Waals surface area contributed by atoms with Gasteiger partial charge in [0.15, 0.2) is 0 Å². The zero-order valence-corrected chi connectivity index (χ0v) is 9.95. The fourth-order valence-electron chi connectivity index (χ4n) is 2.29. The molecule has 16 heavy (non-hydrogen) atoms. The van der Waals surface area contributed by atoms with Crippen LogP contribution < -0.4 is 5.32 Å². The fourth-order valence-corrected chi connectivity index (χ4v) is 2.29. The largest absolute Gasteiger partial charge is 0.393 e. The molecule has 0 aliphatic heterocycles. The standard InChI is InChI=1S/C14H21NO/c1-2-11-3-5-12(6-4-11)15-13-7-9-14(16)10-8-13/h3-6,13-16H,2,7-10H2,1H3. The first-order chi connectivity index (χ1) is 7.78. The van der Waals surface area contributed by atoms with Crippen molar-refractivity contribution in [2.45, 2.75) is 51.2 Å². The molecule has 0 aromatic heterocycles. The molecule has 0 spiro atoms. The van der Waals surface area contributed by atoms with Gasteiger partial charge in [-0.05, 0) is 49.8 Å². The van der Waals surface area contributed by atoms with Crippen LogP contribution in [0.2, 0.25) is 0 Å². The SMILES string of the molecule is CCc1ccc(NC2CCC(O)CC2)cc1. The number of hydrogen-bond donors (Lipinski definition) is 2. The van der Waals surface area contributed by atoms with Crippen molar-refractivity contribution in [2.24, 2.45) is 0 Å². The van der Waals surface area contributed by atoms with Crippen molar-refractivity contribution in [3.8, 4) is 0 Å². The second-order valence-electron chi connectivity index (χ2n) is 4.70. The zero-order valence-electron chi connectivity index (χ0n) is 9.95. The third-order valence-corrected chi connectivity index (χ3v) is 3.43. The molecular formula is C14H21NO. The second-order valence-corrected chi connectivity index (χ2v) is 4.70. The fraction of sp³-hybridized carbons (Fsp3) is 0.571. The van der Waals surface area contributed by atoms with Crippen LogP contribution in [0.1, 0.15) is 38.2 Å². The van der Waals surface area contributed by atoms with Crippen LogP contribution in [0.3, 0.4) is 0 Å². The van der Waals surface area contributed by atoms with Crippen LogP contribution in [0.5, 0.6) is 0 Å². The van der Waals surface area contributed by atoms with Gasteiger partial charge in [0, 0.05) is 11.7 Å². The van der Waals surface area contributed by atoms with Crippen molar-refractivity contribution in [2.75, 3.05) is 5.32 Å². The van der Waals surface area contributed by atoms with Crippen LogP contribution in [0.4, 0.5) is 5.69 Å². The van der Waals surface area contributed by atoms with Crippen molar-refractivity contribution < 1.29 is 5.11 Å². The minimum Gasteiger partial charge on any atom is -0.393 e. The van der Waals surface area contributed by atoms with E-state index in [1.54, 1.807) is 0 Å². The smallest absolute Gasteiger partial charge is 0.0541 e. The van der Waals surface area contributed by atoms with E-state index < -0.39 is 0 Å². The van der Waals surface area contributed by atoms with Crippen molar-refractivity contribution in [3.63, 3.8) is 0 Å². The van der Waals surface area contributed by atoms with Gasteiger partial charge in [-0.1, -0.05) is 19.1 Å². The number of nitrogens with one attached hydrogen (secondary N) is 1. The summed E-state index contributed by atoms with van der Waals surface area (Å²) in [6, 6.07) is 9.21. The van der Waals surface area contributed by atoms with Crippen molar-refractivity contribution in [3.05, 3.63) is 29.8 Å². The maximum absolute atomic E-state index is 9.43. The minimum atomic E-state index is -0.0690. The predicted molar refractivity (Wildman–Crippen MR) is 67.7 cm³/mol. The quantitative estimate of drug-likeness (QED) is 0.819. The summed E-state index contributed by atoms with van der Waals surface area (Å²) >= 11 is 0. The first-order valence-corrected chi connectivity index (χ1v) is 6.31. The molecule has 1 fully saturated rings. The van der Waals surface area contributed by atoms with Crippen LogP contribution in [0.15, 0.2) is 24.3 Å². The number of hydrogen-bond acceptors (Lipinski definition) is 2. The van der Waals surface area contributed by atoms with Gasteiger partial charge in [-0.2, -0.15) is 0 Å². The van der Waals surface area contributed by atoms with E-state index in [4.69, 9.17) is 0 Å². The van der Waals surface area contributed by atoms with E-state index in [0.717, 1.165) is 32.1 Å². The van der Waals surface area contributed by atoms with E-state index in [1.807, 2.05) is 0 Å². The number of aryl methyl sites for hydroxylation is 1. The van der Waals surface area contributed by atoms with Crippen LogP contribution in [-0.4, -0.2) is 17.3 Å². The molecule has 2 N–H and O–H groups in total. The minimum absolute atomic E-state index is 0.0690. The summed E-state index contributed by atoms with van der Waals surface area (Å²) in [6.45, 7) is 2.17. The number of rotatable bonds is 3. The number of benzene rings is 1. The van der Waals surface area contributed by atoms with Gasteiger partial charge in [0.05, 0.1) is 6.10 Å². The molecule has 2 rings (SSSR count). The van der Waals surface area contributed by atoms with Crippen molar-refractivity contribution in [1.29, 1.82) is 0 Å². The lowest BCUT2D eigenvalue weighted by Crippen LogP contribution is -2.28. The lowest BCUT2D eigenvalue weighted by atomic mass is 9.93. The lowest BCUT2D eigenvalue weighted by molar-refractivity contribution is 0.126. The summed E-state index contributed by atoms with van der Waals surface area (Å²) in [6.07, 6.45) is 5.05. The summed E-state index contributed by atoms with van der Waals surface area (Å²) in [7, 11) is 0. The van der Waals surface area contributed by atoms with Gasteiger partial charge in [-0.25, -0.2) is 0 Å². The Morgan fingerprint density at radius 1 is 1.12 bits per heavy atom. The first kappa shape index (κ1) is 11.5. The highest BCUT2D eigenvalue weighted by Crippen LogP contribution is 2.22. The van der Waals surface area contributed by atoms with Gasteiger partial charge < -0.3 is 10.4 Å². The van der Waals surface area contributed by atoms with E-state index in [-0.39, 0.29) is 6.10 Å². The molecule has 1 aromatic rings. The Morgan fingerprint density at radius 3 is 2.31 bits per heavy atom. The van der Waals surface area contributed by atoms with Crippen molar-refractivity contribution in [1.82, 2.24) is 0 Å². The lowest BCUT2D eigenvalue weighted by Gasteiger charge is -2.27. The molecule has 1 aliphatic carbocycles. The molecule has 1 saturated carbocycles. The van der Waals surface area contributed by atoms with Crippen LogP contribution >= 0.6 is 0 Å². The average Bonchev–Trinajstić information content (AvgIpc) is 2.33. The Kier molecular flexibility index (Phi) is 3.83. The molecule has 0 heterocycles. The topological polar surface area (TPSA) is 32.3 Å². The third-order valence-electron chi connectivity index (χ3n) is 3.43. The summed E-state index contributed by atoms with van der Waals surface area (Å²) < 4.78 is 0. The summed E-state index contributed by atoms with van der Waals surface area (Å²) in [5.41, 5.74) is 2.59.